The Labute approximate surface area is 126 Å². The molecule has 0 saturated heterocycles. The van der Waals surface area contributed by atoms with E-state index in [1.165, 1.54) is 4.90 Å². The molecule has 3 N–H and O–H groups in total. The van der Waals surface area contributed by atoms with E-state index >= 15 is 0 Å². The van der Waals surface area contributed by atoms with Crippen LogP contribution in [0.1, 0.15) is 34.1 Å². The molecule has 3 amide bonds. The van der Waals surface area contributed by atoms with Crippen LogP contribution in [0.3, 0.4) is 0 Å². The maximum absolute atomic E-state index is 11.7. The van der Waals surface area contributed by atoms with Crippen LogP contribution in [-0.2, 0) is 9.59 Å². The number of hydrogen-bond acceptors (Lipinski definition) is 4. The van der Waals surface area contributed by atoms with E-state index in [1.54, 1.807) is 0 Å². The number of urea groups is 1. The highest BCUT2D eigenvalue weighted by molar-refractivity contribution is 5.95. The molecule has 21 heavy (non-hydrogen) atoms. The third-order valence-corrected chi connectivity index (χ3v) is 2.61. The van der Waals surface area contributed by atoms with Crippen LogP contribution < -0.4 is 10.6 Å². The van der Waals surface area contributed by atoms with E-state index in [0.29, 0.717) is 19.0 Å². The molecule has 0 unspecified atom stereocenters. The highest BCUT2D eigenvalue weighted by Gasteiger charge is 2.16. The Bertz CT molecular complexity index is 356. The van der Waals surface area contributed by atoms with E-state index in [0.717, 1.165) is 6.42 Å². The first-order valence-corrected chi connectivity index (χ1v) is 7.22. The Balaban J connectivity index is 4.17. The summed E-state index contributed by atoms with van der Waals surface area (Å²) in [6.45, 7) is 8.61. The summed E-state index contributed by atoms with van der Waals surface area (Å²) in [5.74, 6) is -0.793. The fraction of sp³-hybridized carbons (Fsp3) is 0.786. The maximum Gasteiger partial charge on any atom is 0.321 e. The second-order valence-corrected chi connectivity index (χ2v) is 5.94. The molecular weight excluding hydrogens is 274 g/mol. The van der Waals surface area contributed by atoms with Gasteiger partial charge in [0, 0.05) is 13.1 Å². The lowest BCUT2D eigenvalue weighted by molar-refractivity contribution is -0.138. The summed E-state index contributed by atoms with van der Waals surface area (Å²) in [4.78, 5) is 35.5. The number of imide groups is 1. The van der Waals surface area contributed by atoms with Gasteiger partial charge in [0.15, 0.2) is 0 Å². The van der Waals surface area contributed by atoms with Crippen LogP contribution in [0.4, 0.5) is 4.79 Å². The van der Waals surface area contributed by atoms with Gasteiger partial charge in [0.2, 0.25) is 5.91 Å². The van der Waals surface area contributed by atoms with Crippen molar-refractivity contribution < 1.29 is 19.5 Å². The van der Waals surface area contributed by atoms with Crippen molar-refractivity contribution in [2.75, 3.05) is 26.2 Å². The molecule has 0 aliphatic carbocycles. The summed E-state index contributed by atoms with van der Waals surface area (Å²) in [6, 6.07) is -0.541. The van der Waals surface area contributed by atoms with Gasteiger partial charge in [0.25, 0.3) is 0 Å². The van der Waals surface area contributed by atoms with Gasteiger partial charge in [-0.15, -0.1) is 0 Å². The van der Waals surface area contributed by atoms with Gasteiger partial charge in [0.1, 0.15) is 0 Å². The maximum atomic E-state index is 11.7. The van der Waals surface area contributed by atoms with Gasteiger partial charge in [-0.2, -0.15) is 0 Å². The van der Waals surface area contributed by atoms with Gasteiger partial charge >= 0.3 is 12.0 Å². The number of aliphatic carboxylic acids is 1. The lowest BCUT2D eigenvalue weighted by atomic mass is 10.1. The smallest absolute Gasteiger partial charge is 0.321 e. The summed E-state index contributed by atoms with van der Waals surface area (Å²) in [6.07, 6.45) is 0.833. The predicted molar refractivity (Wildman–Crippen MR) is 79.9 cm³/mol. The van der Waals surface area contributed by atoms with Crippen molar-refractivity contribution >= 4 is 17.9 Å². The normalized spacial score (nSPS) is 11.0. The van der Waals surface area contributed by atoms with Crippen molar-refractivity contribution in [2.24, 2.45) is 11.8 Å². The van der Waals surface area contributed by atoms with E-state index in [2.05, 4.69) is 10.6 Å². The minimum absolute atomic E-state index is 0.109. The van der Waals surface area contributed by atoms with E-state index in [1.807, 2.05) is 27.7 Å². The molecule has 0 aromatic carbocycles. The molecule has 0 rings (SSSR count). The predicted octanol–water partition coefficient (Wildman–Crippen LogP) is 0.901. The second kappa shape index (κ2) is 10.1. The van der Waals surface area contributed by atoms with Crippen molar-refractivity contribution in [3.63, 3.8) is 0 Å². The molecule has 0 atom stereocenters. The average Bonchev–Trinajstić information content (AvgIpc) is 2.25. The Morgan fingerprint density at radius 3 is 2.14 bits per heavy atom. The summed E-state index contributed by atoms with van der Waals surface area (Å²) < 4.78 is 0. The molecule has 0 aliphatic heterocycles. The molecule has 0 radical (unpaired) electrons. The molecular formula is C14H27N3O4. The van der Waals surface area contributed by atoms with Crippen molar-refractivity contribution in [1.82, 2.24) is 15.5 Å². The lowest BCUT2D eigenvalue weighted by Crippen LogP contribution is -2.46. The van der Waals surface area contributed by atoms with E-state index in [4.69, 9.17) is 5.11 Å². The summed E-state index contributed by atoms with van der Waals surface area (Å²) in [5.41, 5.74) is 0. The van der Waals surface area contributed by atoms with Crippen molar-refractivity contribution in [3.05, 3.63) is 0 Å². The van der Waals surface area contributed by atoms with Gasteiger partial charge in [-0.3, -0.25) is 19.8 Å². The minimum Gasteiger partial charge on any atom is -0.480 e. The third-order valence-electron chi connectivity index (χ3n) is 2.61. The standard InChI is InChI=1S/C14H27N3O4/c1-10(2)5-6-15-14(21)16-12(18)8-17(7-11(3)4)9-13(19)20/h10-11H,5-9H2,1-4H3,(H,19,20)(H2,15,16,18,21). The zero-order chi connectivity index (χ0) is 16.4. The highest BCUT2D eigenvalue weighted by atomic mass is 16.4. The van der Waals surface area contributed by atoms with Crippen LogP contribution in [0.25, 0.3) is 0 Å². The van der Waals surface area contributed by atoms with Crippen molar-refractivity contribution in [1.29, 1.82) is 0 Å². The van der Waals surface area contributed by atoms with Gasteiger partial charge in [-0.1, -0.05) is 27.7 Å². The van der Waals surface area contributed by atoms with E-state index < -0.39 is 17.9 Å². The number of carbonyl (C=O) groups is 3. The second-order valence-electron chi connectivity index (χ2n) is 5.94. The monoisotopic (exact) mass is 301 g/mol. The number of carboxylic acid groups (broad SMARTS) is 1. The number of rotatable bonds is 9. The number of amides is 3. The number of nitrogens with zero attached hydrogens (tertiary/aromatic N) is 1. The van der Waals surface area contributed by atoms with Crippen LogP contribution in [0.2, 0.25) is 0 Å². The average molecular weight is 301 g/mol. The van der Waals surface area contributed by atoms with Gasteiger partial charge in [-0.25, -0.2) is 4.79 Å². The quantitative estimate of drug-likeness (QED) is 0.588. The van der Waals surface area contributed by atoms with E-state index in [-0.39, 0.29) is 19.0 Å². The fourth-order valence-electron chi connectivity index (χ4n) is 1.78. The summed E-state index contributed by atoms with van der Waals surface area (Å²) in [7, 11) is 0. The van der Waals surface area contributed by atoms with Gasteiger partial charge in [0.05, 0.1) is 13.1 Å². The van der Waals surface area contributed by atoms with Crippen molar-refractivity contribution in [2.45, 2.75) is 34.1 Å². The Hall–Kier alpha value is -1.63. The highest BCUT2D eigenvalue weighted by Crippen LogP contribution is 1.98. The Morgan fingerprint density at radius 2 is 1.67 bits per heavy atom. The van der Waals surface area contributed by atoms with Crippen LogP contribution in [-0.4, -0.2) is 54.1 Å². The Morgan fingerprint density at radius 1 is 1.05 bits per heavy atom. The third kappa shape index (κ3) is 11.9. The van der Waals surface area contributed by atoms with Crippen LogP contribution in [0.5, 0.6) is 0 Å². The van der Waals surface area contributed by atoms with Crippen LogP contribution >= 0.6 is 0 Å². The molecule has 7 nitrogen and oxygen atoms in total. The zero-order valence-electron chi connectivity index (χ0n) is 13.3. The van der Waals surface area contributed by atoms with Crippen LogP contribution in [0.15, 0.2) is 0 Å². The molecule has 7 heteroatoms. The first-order chi connectivity index (χ1) is 9.70. The first kappa shape index (κ1) is 19.4. The molecule has 0 bridgehead atoms. The fourth-order valence-corrected chi connectivity index (χ4v) is 1.78. The molecule has 0 saturated carbocycles. The van der Waals surface area contributed by atoms with Crippen LogP contribution in [0, 0.1) is 11.8 Å². The number of carbonyl (C=O) groups excluding carboxylic acids is 2. The molecule has 0 fully saturated rings. The van der Waals surface area contributed by atoms with Crippen molar-refractivity contribution in [3.8, 4) is 0 Å². The SMILES string of the molecule is CC(C)CCNC(=O)NC(=O)CN(CC(=O)O)CC(C)C. The molecule has 0 aliphatic rings. The largest absolute Gasteiger partial charge is 0.480 e. The molecule has 0 aromatic rings. The molecule has 0 spiro atoms. The lowest BCUT2D eigenvalue weighted by Gasteiger charge is -2.21. The zero-order valence-corrected chi connectivity index (χ0v) is 13.3. The number of nitrogens with one attached hydrogen (secondary N) is 2. The topological polar surface area (TPSA) is 98.7 Å². The van der Waals surface area contributed by atoms with E-state index in [9.17, 15) is 14.4 Å². The molecule has 122 valence electrons. The van der Waals surface area contributed by atoms with Gasteiger partial charge < -0.3 is 10.4 Å². The number of carboxylic acids is 1. The molecule has 0 aromatic heterocycles. The first-order valence-electron chi connectivity index (χ1n) is 7.22. The summed E-state index contributed by atoms with van der Waals surface area (Å²) in [5, 5.41) is 13.6. The van der Waals surface area contributed by atoms with Gasteiger partial charge in [-0.05, 0) is 18.3 Å². The minimum atomic E-state index is -0.996. The Kier molecular flexibility index (Phi) is 9.36. The molecule has 0 heterocycles. The summed E-state index contributed by atoms with van der Waals surface area (Å²) >= 11 is 0. The number of hydrogen-bond donors (Lipinski definition) is 3.